The fourth-order valence-electron chi connectivity index (χ4n) is 3.87. The Bertz CT molecular complexity index is 1220. The van der Waals surface area contributed by atoms with Crippen LogP contribution in [0.25, 0.3) is 0 Å². The third-order valence-electron chi connectivity index (χ3n) is 6.16. The highest BCUT2D eigenvalue weighted by Crippen LogP contribution is 2.30. The van der Waals surface area contributed by atoms with E-state index in [2.05, 4.69) is 15.4 Å². The van der Waals surface area contributed by atoms with Crippen LogP contribution >= 0.6 is 0 Å². The quantitative estimate of drug-likeness (QED) is 0.159. The maximum atomic E-state index is 13.2. The molecule has 11 nitrogen and oxygen atoms in total. The van der Waals surface area contributed by atoms with Gasteiger partial charge in [0.15, 0.2) is 6.61 Å². The second kappa shape index (κ2) is 16.2. The third kappa shape index (κ3) is 11.6. The number of carbonyl (C=O) groups is 3. The molecule has 0 unspecified atom stereocenters. The van der Waals surface area contributed by atoms with E-state index in [1.54, 1.807) is 0 Å². The molecule has 2 rings (SSSR count). The van der Waals surface area contributed by atoms with Gasteiger partial charge in [-0.2, -0.15) is 26.3 Å². The van der Waals surface area contributed by atoms with Gasteiger partial charge in [-0.05, 0) is 48.4 Å². The molecule has 0 aliphatic carbocycles. The van der Waals surface area contributed by atoms with Crippen LogP contribution in [-0.2, 0) is 20.6 Å². The predicted molar refractivity (Wildman–Crippen MR) is 147 cm³/mol. The molecule has 2 aromatic carbocycles. The van der Waals surface area contributed by atoms with Crippen molar-refractivity contribution in [3.8, 4) is 5.75 Å². The Morgan fingerprint density at radius 2 is 1.45 bits per heavy atom. The van der Waals surface area contributed by atoms with Gasteiger partial charge in [-0.15, -0.1) is 0 Å². The first kappa shape index (κ1) is 36.3. The number of hydrogen-bond acceptors (Lipinski definition) is 8. The SMILES string of the molecule is NCCN(CCN)C(=O)CC[C@H](N)C(=O)N[C@H](C(=O)Nc1ccc(OCC(F)(F)F)cc1)[C@H](O)c1ccc(C(F)(F)F)cc1. The number of halogens is 6. The Balaban J connectivity index is 2.21. The van der Waals surface area contributed by atoms with E-state index in [0.717, 1.165) is 24.3 Å². The number of rotatable bonds is 15. The summed E-state index contributed by atoms with van der Waals surface area (Å²) >= 11 is 0. The van der Waals surface area contributed by atoms with Gasteiger partial charge in [-0.1, -0.05) is 12.1 Å². The van der Waals surface area contributed by atoms with Crippen molar-refractivity contribution in [2.45, 2.75) is 43.4 Å². The molecule has 0 spiro atoms. The molecule has 3 atom stereocenters. The Kier molecular flexibility index (Phi) is 13.4. The summed E-state index contributed by atoms with van der Waals surface area (Å²) in [6.07, 6.45) is -11.4. The number of aliphatic hydroxyl groups excluding tert-OH is 1. The zero-order valence-corrected chi connectivity index (χ0v) is 23.3. The fraction of sp³-hybridized carbons (Fsp3) is 0.444. The maximum absolute atomic E-state index is 13.2. The lowest BCUT2D eigenvalue weighted by molar-refractivity contribution is -0.153. The fourth-order valence-corrected chi connectivity index (χ4v) is 3.87. The second-order valence-electron chi connectivity index (χ2n) is 9.57. The van der Waals surface area contributed by atoms with Gasteiger partial charge in [0.2, 0.25) is 17.7 Å². The van der Waals surface area contributed by atoms with Gasteiger partial charge in [0.1, 0.15) is 17.9 Å². The number of nitrogens with zero attached hydrogens (tertiary/aromatic N) is 1. The van der Waals surface area contributed by atoms with Crippen molar-refractivity contribution in [1.82, 2.24) is 10.2 Å². The van der Waals surface area contributed by atoms with Gasteiger partial charge in [0, 0.05) is 38.3 Å². The molecule has 44 heavy (non-hydrogen) atoms. The molecule has 3 amide bonds. The summed E-state index contributed by atoms with van der Waals surface area (Å²) in [6.45, 7) is -0.723. The van der Waals surface area contributed by atoms with Crippen LogP contribution in [0.15, 0.2) is 48.5 Å². The standard InChI is InChI=1S/C27H34F6N6O5/c28-26(29,30)15-44-19-7-5-18(6-8-19)37-25(43)22(23(41)16-1-3-17(4-2-16)27(31,32)33)38-24(42)20(36)9-10-21(40)39(13-11-34)14-12-35/h1-8,20,22-23,41H,9-15,34-36H2,(H,37,43)(H,38,42)/t20-,22-,23+/m0/s1. The molecule has 9 N–H and O–H groups in total. The van der Waals surface area contributed by atoms with Gasteiger partial charge >= 0.3 is 12.4 Å². The number of carbonyl (C=O) groups excluding carboxylic acids is 3. The highest BCUT2D eigenvalue weighted by Gasteiger charge is 2.34. The molecule has 0 radical (unpaired) electrons. The summed E-state index contributed by atoms with van der Waals surface area (Å²) < 4.78 is 80.8. The topological polar surface area (TPSA) is 186 Å². The smallest absolute Gasteiger partial charge is 0.422 e. The number of alkyl halides is 6. The zero-order valence-electron chi connectivity index (χ0n) is 23.3. The Morgan fingerprint density at radius 1 is 0.886 bits per heavy atom. The van der Waals surface area contributed by atoms with Crippen LogP contribution in [0.4, 0.5) is 32.0 Å². The van der Waals surface area contributed by atoms with Gasteiger partial charge < -0.3 is 42.6 Å². The summed E-state index contributed by atoms with van der Waals surface area (Å²) in [5, 5.41) is 15.6. The summed E-state index contributed by atoms with van der Waals surface area (Å²) in [6, 6.07) is 4.73. The van der Waals surface area contributed by atoms with E-state index in [1.807, 2.05) is 0 Å². The highest BCUT2D eigenvalue weighted by molar-refractivity contribution is 5.98. The molecule has 0 aromatic heterocycles. The summed E-state index contributed by atoms with van der Waals surface area (Å²) in [5.74, 6) is -2.52. The van der Waals surface area contributed by atoms with E-state index >= 15 is 0 Å². The number of amides is 3. The second-order valence-corrected chi connectivity index (χ2v) is 9.57. The number of anilines is 1. The van der Waals surface area contributed by atoms with Crippen molar-refractivity contribution in [3.05, 3.63) is 59.7 Å². The molecule has 0 saturated heterocycles. The molecule has 0 fully saturated rings. The van der Waals surface area contributed by atoms with E-state index in [0.29, 0.717) is 12.1 Å². The number of nitrogens with one attached hydrogen (secondary N) is 2. The molecule has 0 heterocycles. The molecule has 0 aliphatic heterocycles. The van der Waals surface area contributed by atoms with Gasteiger partial charge in [0.25, 0.3) is 0 Å². The zero-order chi connectivity index (χ0) is 33.1. The summed E-state index contributed by atoms with van der Waals surface area (Å²) in [5.41, 5.74) is 15.8. The van der Waals surface area contributed by atoms with Crippen LogP contribution in [-0.4, -0.2) is 78.8 Å². The lowest BCUT2D eigenvalue weighted by atomic mass is 9.99. The molecular formula is C27H34F6N6O5. The molecule has 0 bridgehead atoms. The van der Waals surface area contributed by atoms with Gasteiger partial charge in [-0.25, -0.2) is 0 Å². The molecule has 0 aliphatic rings. The van der Waals surface area contributed by atoms with Crippen LogP contribution in [0.3, 0.4) is 0 Å². The van der Waals surface area contributed by atoms with E-state index < -0.39 is 54.5 Å². The minimum absolute atomic E-state index is 0.0306. The van der Waals surface area contributed by atoms with Gasteiger partial charge in [0.05, 0.1) is 11.6 Å². The van der Waals surface area contributed by atoms with E-state index in [-0.39, 0.29) is 61.9 Å². The van der Waals surface area contributed by atoms with Crippen LogP contribution in [0, 0.1) is 0 Å². The molecule has 2 aromatic rings. The van der Waals surface area contributed by atoms with Crippen LogP contribution < -0.4 is 32.6 Å². The van der Waals surface area contributed by atoms with Crippen LogP contribution in [0.5, 0.6) is 5.75 Å². The largest absolute Gasteiger partial charge is 0.484 e. The van der Waals surface area contributed by atoms with Crippen LogP contribution in [0.2, 0.25) is 0 Å². The summed E-state index contributed by atoms with van der Waals surface area (Å²) in [4.78, 5) is 40.0. The van der Waals surface area contributed by atoms with Crippen LogP contribution in [0.1, 0.15) is 30.1 Å². The average molecular weight is 637 g/mol. The molecule has 0 saturated carbocycles. The average Bonchev–Trinajstić information content (AvgIpc) is 2.96. The number of aliphatic hydroxyl groups is 1. The van der Waals surface area contributed by atoms with Crippen molar-refractivity contribution >= 4 is 23.4 Å². The predicted octanol–water partition coefficient (Wildman–Crippen LogP) is 1.66. The number of nitrogens with two attached hydrogens (primary N) is 3. The lowest BCUT2D eigenvalue weighted by Crippen LogP contribution is -2.52. The first-order chi connectivity index (χ1) is 20.6. The van der Waals surface area contributed by atoms with Crippen molar-refractivity contribution in [2.75, 3.05) is 38.1 Å². The van der Waals surface area contributed by atoms with E-state index in [1.165, 1.54) is 17.0 Å². The highest BCUT2D eigenvalue weighted by atomic mass is 19.4. The van der Waals surface area contributed by atoms with Crippen molar-refractivity contribution in [1.29, 1.82) is 0 Å². The van der Waals surface area contributed by atoms with E-state index in [4.69, 9.17) is 17.2 Å². The molecule has 17 heteroatoms. The normalized spacial score (nSPS) is 13.9. The number of benzene rings is 2. The van der Waals surface area contributed by atoms with Crippen molar-refractivity contribution in [3.63, 3.8) is 0 Å². The summed E-state index contributed by atoms with van der Waals surface area (Å²) in [7, 11) is 0. The minimum Gasteiger partial charge on any atom is -0.484 e. The number of ether oxygens (including phenoxy) is 1. The van der Waals surface area contributed by atoms with Gasteiger partial charge in [-0.3, -0.25) is 14.4 Å². The van der Waals surface area contributed by atoms with E-state index in [9.17, 15) is 45.8 Å². The number of hydrogen-bond donors (Lipinski definition) is 6. The lowest BCUT2D eigenvalue weighted by Gasteiger charge is -2.26. The Labute approximate surface area is 248 Å². The maximum Gasteiger partial charge on any atom is 0.422 e. The molecular weight excluding hydrogens is 602 g/mol. The van der Waals surface area contributed by atoms with Crippen molar-refractivity contribution in [2.24, 2.45) is 17.2 Å². The Hall–Kier alpha value is -3.93. The first-order valence-corrected chi connectivity index (χ1v) is 13.2. The Morgan fingerprint density at radius 3 is 1.95 bits per heavy atom. The third-order valence-corrected chi connectivity index (χ3v) is 6.16. The molecule has 244 valence electrons. The monoisotopic (exact) mass is 636 g/mol. The first-order valence-electron chi connectivity index (χ1n) is 13.2. The van der Waals surface area contributed by atoms with Crippen molar-refractivity contribution < 1.29 is 50.6 Å². The minimum atomic E-state index is -4.67.